The first kappa shape index (κ1) is 21.0. The molecule has 2 heterocycles. The quantitative estimate of drug-likeness (QED) is 0.746. The molecular weight excluding hydrogens is 394 g/mol. The Morgan fingerprint density at radius 3 is 2.32 bits per heavy atom. The number of carbonyl (C=O) groups excluding carboxylic acids is 1. The average Bonchev–Trinajstić information content (AvgIpc) is 3.23. The van der Waals surface area contributed by atoms with Gasteiger partial charge in [0, 0.05) is 26.2 Å². The minimum Gasteiger partial charge on any atom is -0.348 e. The van der Waals surface area contributed by atoms with Crippen molar-refractivity contribution in [1.29, 1.82) is 0 Å². The summed E-state index contributed by atoms with van der Waals surface area (Å²) in [6, 6.07) is 13.3. The first-order valence-corrected chi connectivity index (χ1v) is 11.8. The Morgan fingerprint density at radius 1 is 1.07 bits per heavy atom. The van der Waals surface area contributed by atoms with Crippen molar-refractivity contribution in [3.05, 3.63) is 53.4 Å². The van der Waals surface area contributed by atoms with Crippen molar-refractivity contribution < 1.29 is 13.2 Å². The van der Waals surface area contributed by atoms with Crippen molar-refractivity contribution in [1.82, 2.24) is 14.5 Å². The third-order valence-electron chi connectivity index (χ3n) is 4.93. The van der Waals surface area contributed by atoms with E-state index in [0.29, 0.717) is 30.4 Å². The fourth-order valence-corrected chi connectivity index (χ4v) is 5.95. The number of hydrogen-bond acceptors (Lipinski definition) is 5. The Morgan fingerprint density at radius 2 is 1.75 bits per heavy atom. The van der Waals surface area contributed by atoms with Gasteiger partial charge in [-0.05, 0) is 22.9 Å². The monoisotopic (exact) mass is 421 g/mol. The van der Waals surface area contributed by atoms with Crippen molar-refractivity contribution in [3.8, 4) is 0 Å². The van der Waals surface area contributed by atoms with Gasteiger partial charge in [-0.25, -0.2) is 8.42 Å². The Kier molecular flexibility index (Phi) is 6.87. The molecule has 1 amide bonds. The van der Waals surface area contributed by atoms with Crippen molar-refractivity contribution in [2.75, 3.05) is 32.7 Å². The molecule has 1 aromatic carbocycles. The number of nitrogens with one attached hydrogen (secondary N) is 1. The number of sulfonamides is 1. The van der Waals surface area contributed by atoms with Crippen molar-refractivity contribution in [2.24, 2.45) is 5.92 Å². The predicted octanol–water partition coefficient (Wildman–Crippen LogP) is 2.57. The van der Waals surface area contributed by atoms with E-state index in [1.54, 1.807) is 17.5 Å². The van der Waals surface area contributed by atoms with Crippen molar-refractivity contribution in [2.45, 2.75) is 24.1 Å². The molecule has 1 aromatic heterocycles. The van der Waals surface area contributed by atoms with Crippen LogP contribution in [0.3, 0.4) is 0 Å². The molecule has 0 aliphatic carbocycles. The number of carbonyl (C=O) groups is 1. The second-order valence-corrected chi connectivity index (χ2v) is 10.4. The molecule has 28 heavy (non-hydrogen) atoms. The fourth-order valence-electron chi connectivity index (χ4n) is 3.38. The van der Waals surface area contributed by atoms with Gasteiger partial charge in [0.05, 0.1) is 12.6 Å². The van der Waals surface area contributed by atoms with E-state index in [1.165, 1.54) is 15.6 Å². The maximum absolute atomic E-state index is 12.6. The van der Waals surface area contributed by atoms with E-state index >= 15 is 0 Å². The van der Waals surface area contributed by atoms with Crippen molar-refractivity contribution in [3.63, 3.8) is 0 Å². The Bertz CT molecular complexity index is 859. The van der Waals surface area contributed by atoms with Crippen LogP contribution < -0.4 is 5.32 Å². The number of amides is 1. The van der Waals surface area contributed by atoms with E-state index < -0.39 is 10.0 Å². The SMILES string of the molecule is CC(C)C(NC(=O)CN1CCN(S(=O)(=O)c2cccs2)CC1)c1ccccc1. The average molecular weight is 422 g/mol. The highest BCUT2D eigenvalue weighted by molar-refractivity contribution is 7.91. The summed E-state index contributed by atoms with van der Waals surface area (Å²) in [7, 11) is -3.41. The van der Waals surface area contributed by atoms with Gasteiger partial charge in [-0.2, -0.15) is 4.31 Å². The first-order valence-electron chi connectivity index (χ1n) is 9.48. The Hall–Kier alpha value is -1.74. The molecule has 152 valence electrons. The van der Waals surface area contributed by atoms with E-state index in [1.807, 2.05) is 35.2 Å². The van der Waals surface area contributed by atoms with Gasteiger partial charge in [0.15, 0.2) is 0 Å². The third-order valence-corrected chi connectivity index (χ3v) is 8.20. The standard InChI is InChI=1S/C20H27N3O3S2/c1-16(2)20(17-7-4-3-5-8-17)21-18(24)15-22-10-12-23(13-11-22)28(25,26)19-9-6-14-27-19/h3-9,14,16,20H,10-13,15H2,1-2H3,(H,21,24). The molecule has 8 heteroatoms. The maximum Gasteiger partial charge on any atom is 0.252 e. The molecule has 1 fully saturated rings. The second-order valence-electron chi connectivity index (χ2n) is 7.31. The fraction of sp³-hybridized carbons (Fsp3) is 0.450. The lowest BCUT2D eigenvalue weighted by Crippen LogP contribution is -2.51. The number of rotatable bonds is 7. The molecule has 2 aromatic rings. The van der Waals surface area contributed by atoms with Gasteiger partial charge in [0.2, 0.25) is 5.91 Å². The van der Waals surface area contributed by atoms with Gasteiger partial charge in [0.25, 0.3) is 10.0 Å². The van der Waals surface area contributed by atoms with E-state index in [4.69, 9.17) is 0 Å². The van der Waals surface area contributed by atoms with Crippen LogP contribution in [0.2, 0.25) is 0 Å². The number of piperazine rings is 1. The summed E-state index contributed by atoms with van der Waals surface area (Å²) in [6.07, 6.45) is 0. The van der Waals surface area contributed by atoms with Crippen LogP contribution in [0.5, 0.6) is 0 Å². The molecule has 1 saturated heterocycles. The molecule has 1 unspecified atom stereocenters. The molecule has 1 aliphatic rings. The summed E-state index contributed by atoms with van der Waals surface area (Å²) >= 11 is 1.23. The molecule has 6 nitrogen and oxygen atoms in total. The van der Waals surface area contributed by atoms with Gasteiger partial charge >= 0.3 is 0 Å². The molecular formula is C20H27N3O3S2. The molecule has 1 N–H and O–H groups in total. The molecule has 3 rings (SSSR count). The van der Waals surface area contributed by atoms with Gasteiger partial charge in [-0.3, -0.25) is 9.69 Å². The molecule has 0 spiro atoms. The number of nitrogens with zero attached hydrogens (tertiary/aromatic N) is 2. The third kappa shape index (κ3) is 5.00. The predicted molar refractivity (Wildman–Crippen MR) is 112 cm³/mol. The smallest absolute Gasteiger partial charge is 0.252 e. The van der Waals surface area contributed by atoms with Gasteiger partial charge in [-0.1, -0.05) is 50.2 Å². The summed E-state index contributed by atoms with van der Waals surface area (Å²) in [4.78, 5) is 14.6. The van der Waals surface area contributed by atoms with Crippen LogP contribution >= 0.6 is 11.3 Å². The topological polar surface area (TPSA) is 69.7 Å². The van der Waals surface area contributed by atoms with Gasteiger partial charge in [0.1, 0.15) is 4.21 Å². The minimum absolute atomic E-state index is 0.0304. The van der Waals surface area contributed by atoms with Crippen LogP contribution in [-0.4, -0.2) is 56.3 Å². The Balaban J connectivity index is 1.53. The molecule has 1 atom stereocenters. The summed E-state index contributed by atoms with van der Waals surface area (Å²) in [6.45, 7) is 6.37. The van der Waals surface area contributed by atoms with E-state index in [-0.39, 0.29) is 24.4 Å². The minimum atomic E-state index is -3.41. The zero-order valence-corrected chi connectivity index (χ0v) is 17.9. The van der Waals surface area contributed by atoms with Crippen LogP contribution in [0.1, 0.15) is 25.5 Å². The van der Waals surface area contributed by atoms with E-state index in [2.05, 4.69) is 19.2 Å². The van der Waals surface area contributed by atoms with Crippen LogP contribution in [0.25, 0.3) is 0 Å². The van der Waals surface area contributed by atoms with E-state index in [0.717, 1.165) is 5.56 Å². The lowest BCUT2D eigenvalue weighted by atomic mass is 9.96. The highest BCUT2D eigenvalue weighted by Crippen LogP contribution is 2.23. The summed E-state index contributed by atoms with van der Waals surface area (Å²) in [5, 5.41) is 4.90. The lowest BCUT2D eigenvalue weighted by molar-refractivity contribution is -0.123. The van der Waals surface area contributed by atoms with Crippen LogP contribution in [0, 0.1) is 5.92 Å². The number of hydrogen-bond donors (Lipinski definition) is 1. The normalized spacial score (nSPS) is 17.5. The van der Waals surface area contributed by atoms with E-state index in [9.17, 15) is 13.2 Å². The summed E-state index contributed by atoms with van der Waals surface area (Å²) in [5.74, 6) is 0.247. The summed E-state index contributed by atoms with van der Waals surface area (Å²) in [5.41, 5.74) is 1.10. The van der Waals surface area contributed by atoms with Gasteiger partial charge in [-0.15, -0.1) is 11.3 Å². The number of benzene rings is 1. The first-order chi connectivity index (χ1) is 13.4. The van der Waals surface area contributed by atoms with Crippen LogP contribution in [0.4, 0.5) is 0 Å². The second kappa shape index (κ2) is 9.17. The zero-order valence-electron chi connectivity index (χ0n) is 16.2. The largest absolute Gasteiger partial charge is 0.348 e. The highest BCUT2D eigenvalue weighted by atomic mass is 32.2. The van der Waals surface area contributed by atoms with Crippen LogP contribution in [0.15, 0.2) is 52.1 Å². The zero-order chi connectivity index (χ0) is 20.1. The Labute approximate surface area is 171 Å². The molecule has 0 saturated carbocycles. The number of thiophene rings is 1. The lowest BCUT2D eigenvalue weighted by Gasteiger charge is -2.33. The van der Waals surface area contributed by atoms with Crippen molar-refractivity contribution >= 4 is 27.3 Å². The molecule has 1 aliphatic heterocycles. The summed E-state index contributed by atoms with van der Waals surface area (Å²) < 4.78 is 27.1. The molecule has 0 bridgehead atoms. The van der Waals surface area contributed by atoms with Gasteiger partial charge < -0.3 is 5.32 Å². The highest BCUT2D eigenvalue weighted by Gasteiger charge is 2.30. The van der Waals surface area contributed by atoms with Crippen LogP contribution in [-0.2, 0) is 14.8 Å². The maximum atomic E-state index is 12.6. The molecule has 0 radical (unpaired) electrons.